The zero-order chi connectivity index (χ0) is 9.14. The molecule has 0 aliphatic carbocycles. The second kappa shape index (κ2) is 3.64. The summed E-state index contributed by atoms with van der Waals surface area (Å²) in [5, 5.41) is 10.8. The van der Waals surface area contributed by atoms with Crippen LogP contribution in [-0.2, 0) is 4.74 Å². The zero-order valence-electron chi connectivity index (χ0n) is 6.77. The highest BCUT2D eigenvalue weighted by Gasteiger charge is 2.12. The monoisotopic (exact) mass is 187 g/mol. The quantitative estimate of drug-likeness (QED) is 0.779. The van der Waals surface area contributed by atoms with Crippen molar-refractivity contribution in [2.45, 2.75) is 13.0 Å². The van der Waals surface area contributed by atoms with Crippen LogP contribution in [0.4, 0.5) is 0 Å². The van der Waals surface area contributed by atoms with Crippen molar-refractivity contribution < 1.29 is 14.6 Å². The van der Waals surface area contributed by atoms with E-state index < -0.39 is 5.97 Å². The molecule has 0 spiro atoms. The number of aromatic nitrogens is 1. The summed E-state index contributed by atoms with van der Waals surface area (Å²) in [5.41, 5.74) is 0.0823. The molecule has 66 valence electrons. The molecule has 1 heterocycles. The standard InChI is InChI=1S/C7H9NO3S/c1-4(11-2)6-8-5(3-12-6)7(9)10/h3-4H,1-2H3,(H,9,10). The minimum absolute atomic E-state index is 0.0823. The minimum Gasteiger partial charge on any atom is -0.476 e. The van der Waals surface area contributed by atoms with Crippen LogP contribution in [0.1, 0.15) is 28.5 Å². The van der Waals surface area contributed by atoms with Gasteiger partial charge in [0.1, 0.15) is 11.1 Å². The predicted octanol–water partition coefficient (Wildman–Crippen LogP) is 1.55. The van der Waals surface area contributed by atoms with Gasteiger partial charge in [0.25, 0.3) is 0 Å². The van der Waals surface area contributed by atoms with Gasteiger partial charge in [0.15, 0.2) is 5.69 Å². The molecule has 12 heavy (non-hydrogen) atoms. The summed E-state index contributed by atoms with van der Waals surface area (Å²) in [6.45, 7) is 1.82. The van der Waals surface area contributed by atoms with Crippen LogP contribution >= 0.6 is 11.3 Å². The fraction of sp³-hybridized carbons (Fsp3) is 0.429. The molecule has 1 atom stereocenters. The van der Waals surface area contributed by atoms with Crippen molar-refractivity contribution in [3.63, 3.8) is 0 Å². The summed E-state index contributed by atoms with van der Waals surface area (Å²) >= 11 is 1.29. The lowest BCUT2D eigenvalue weighted by atomic mass is 10.4. The van der Waals surface area contributed by atoms with Crippen LogP contribution in [0.3, 0.4) is 0 Å². The van der Waals surface area contributed by atoms with E-state index in [2.05, 4.69) is 4.98 Å². The van der Waals surface area contributed by atoms with Crippen molar-refractivity contribution in [2.75, 3.05) is 7.11 Å². The Balaban J connectivity index is 2.84. The first-order chi connectivity index (χ1) is 5.65. The highest BCUT2D eigenvalue weighted by Crippen LogP contribution is 2.19. The second-order valence-electron chi connectivity index (χ2n) is 2.25. The van der Waals surface area contributed by atoms with Gasteiger partial charge in [-0.25, -0.2) is 9.78 Å². The number of carboxylic acid groups (broad SMARTS) is 1. The molecule has 1 aromatic heterocycles. The van der Waals surface area contributed by atoms with Gasteiger partial charge >= 0.3 is 5.97 Å². The van der Waals surface area contributed by atoms with Gasteiger partial charge in [-0.2, -0.15) is 0 Å². The Bertz CT molecular complexity index is 284. The van der Waals surface area contributed by atoms with Gasteiger partial charge in [-0.05, 0) is 6.92 Å². The smallest absolute Gasteiger partial charge is 0.355 e. The van der Waals surface area contributed by atoms with E-state index in [0.29, 0.717) is 5.01 Å². The maximum atomic E-state index is 10.4. The molecule has 0 aromatic carbocycles. The van der Waals surface area contributed by atoms with Gasteiger partial charge in [0.05, 0.1) is 0 Å². The molecule has 0 fully saturated rings. The number of nitrogens with zero attached hydrogens (tertiary/aromatic N) is 1. The number of rotatable bonds is 3. The largest absolute Gasteiger partial charge is 0.476 e. The third-order valence-electron chi connectivity index (χ3n) is 1.44. The molecule has 0 bridgehead atoms. The van der Waals surface area contributed by atoms with Crippen LogP contribution in [0, 0.1) is 0 Å². The van der Waals surface area contributed by atoms with Crippen molar-refractivity contribution >= 4 is 17.3 Å². The number of hydrogen-bond acceptors (Lipinski definition) is 4. The number of aromatic carboxylic acids is 1. The zero-order valence-corrected chi connectivity index (χ0v) is 7.59. The normalized spacial score (nSPS) is 12.8. The molecular weight excluding hydrogens is 178 g/mol. The summed E-state index contributed by atoms with van der Waals surface area (Å²) in [5.74, 6) is -0.999. The van der Waals surface area contributed by atoms with Crippen molar-refractivity contribution in [3.05, 3.63) is 16.1 Å². The molecule has 1 N–H and O–H groups in total. The SMILES string of the molecule is COC(C)c1nc(C(=O)O)cs1. The van der Waals surface area contributed by atoms with E-state index in [-0.39, 0.29) is 11.8 Å². The van der Waals surface area contributed by atoms with Gasteiger partial charge in [0.2, 0.25) is 0 Å². The Labute approximate surface area is 73.8 Å². The minimum atomic E-state index is -0.999. The van der Waals surface area contributed by atoms with Gasteiger partial charge in [0, 0.05) is 12.5 Å². The number of carboxylic acids is 1. The number of thiazole rings is 1. The summed E-state index contributed by atoms with van der Waals surface area (Å²) in [6, 6.07) is 0. The Morgan fingerprint density at radius 3 is 2.92 bits per heavy atom. The first-order valence-electron chi connectivity index (χ1n) is 3.36. The lowest BCUT2D eigenvalue weighted by Gasteiger charge is -2.02. The van der Waals surface area contributed by atoms with Crippen molar-refractivity contribution in [1.82, 2.24) is 4.98 Å². The Morgan fingerprint density at radius 1 is 1.83 bits per heavy atom. The van der Waals surface area contributed by atoms with E-state index in [4.69, 9.17) is 9.84 Å². The summed E-state index contributed by atoms with van der Waals surface area (Å²) in [7, 11) is 1.56. The fourth-order valence-corrected chi connectivity index (χ4v) is 1.50. The molecule has 0 aliphatic heterocycles. The molecule has 5 heteroatoms. The van der Waals surface area contributed by atoms with Gasteiger partial charge in [-0.1, -0.05) is 0 Å². The summed E-state index contributed by atoms with van der Waals surface area (Å²) in [4.78, 5) is 14.3. The third-order valence-corrected chi connectivity index (χ3v) is 2.45. The highest BCUT2D eigenvalue weighted by atomic mass is 32.1. The van der Waals surface area contributed by atoms with E-state index in [1.807, 2.05) is 6.92 Å². The molecule has 1 rings (SSSR count). The topological polar surface area (TPSA) is 59.4 Å². The maximum Gasteiger partial charge on any atom is 0.355 e. The Morgan fingerprint density at radius 2 is 2.50 bits per heavy atom. The van der Waals surface area contributed by atoms with Crippen molar-refractivity contribution in [2.24, 2.45) is 0 Å². The highest BCUT2D eigenvalue weighted by molar-refractivity contribution is 7.09. The van der Waals surface area contributed by atoms with E-state index in [0.717, 1.165) is 0 Å². The van der Waals surface area contributed by atoms with Crippen molar-refractivity contribution in [3.8, 4) is 0 Å². The number of methoxy groups -OCH3 is 1. The first kappa shape index (κ1) is 9.15. The van der Waals surface area contributed by atoms with Gasteiger partial charge in [-0.15, -0.1) is 11.3 Å². The van der Waals surface area contributed by atoms with Crippen LogP contribution < -0.4 is 0 Å². The van der Waals surface area contributed by atoms with Gasteiger partial charge < -0.3 is 9.84 Å². The molecule has 0 saturated heterocycles. The Kier molecular flexibility index (Phi) is 2.78. The second-order valence-corrected chi connectivity index (χ2v) is 3.14. The molecule has 1 aromatic rings. The predicted molar refractivity (Wildman–Crippen MR) is 44.5 cm³/mol. The molecule has 0 radical (unpaired) electrons. The molecule has 4 nitrogen and oxygen atoms in total. The van der Waals surface area contributed by atoms with E-state index in [1.54, 1.807) is 7.11 Å². The van der Waals surface area contributed by atoms with Gasteiger partial charge in [-0.3, -0.25) is 0 Å². The van der Waals surface area contributed by atoms with Crippen LogP contribution in [0.2, 0.25) is 0 Å². The molecule has 0 amide bonds. The third kappa shape index (κ3) is 1.80. The number of ether oxygens (including phenoxy) is 1. The van der Waals surface area contributed by atoms with E-state index >= 15 is 0 Å². The Hall–Kier alpha value is -0.940. The lowest BCUT2D eigenvalue weighted by Crippen LogP contribution is -1.99. The molecular formula is C7H9NO3S. The lowest BCUT2D eigenvalue weighted by molar-refractivity contribution is 0.0690. The summed E-state index contributed by atoms with van der Waals surface area (Å²) in [6.07, 6.45) is -0.136. The fourth-order valence-electron chi connectivity index (χ4n) is 0.673. The van der Waals surface area contributed by atoms with Crippen LogP contribution in [0.25, 0.3) is 0 Å². The number of carbonyl (C=O) groups is 1. The van der Waals surface area contributed by atoms with E-state index in [1.165, 1.54) is 16.7 Å². The summed E-state index contributed by atoms with van der Waals surface area (Å²) < 4.78 is 4.98. The average Bonchev–Trinajstić information content (AvgIpc) is 2.51. The van der Waals surface area contributed by atoms with Crippen LogP contribution in [0.5, 0.6) is 0 Å². The van der Waals surface area contributed by atoms with Crippen molar-refractivity contribution in [1.29, 1.82) is 0 Å². The maximum absolute atomic E-state index is 10.4. The average molecular weight is 187 g/mol. The molecule has 0 saturated carbocycles. The number of hydrogen-bond donors (Lipinski definition) is 1. The van der Waals surface area contributed by atoms with E-state index in [9.17, 15) is 4.79 Å². The first-order valence-corrected chi connectivity index (χ1v) is 4.24. The van der Waals surface area contributed by atoms with Crippen LogP contribution in [0.15, 0.2) is 5.38 Å². The van der Waals surface area contributed by atoms with Crippen LogP contribution in [-0.4, -0.2) is 23.2 Å². The molecule has 0 aliphatic rings. The molecule has 1 unspecified atom stereocenters.